The third-order valence-electron chi connectivity index (χ3n) is 3.60. The Morgan fingerprint density at radius 3 is 2.67 bits per heavy atom. The van der Waals surface area contributed by atoms with Crippen molar-refractivity contribution in [3.05, 3.63) is 35.9 Å². The number of methoxy groups -OCH3 is 1. The molecule has 2 rings (SSSR count). The topological polar surface area (TPSA) is 64.8 Å². The van der Waals surface area contributed by atoms with E-state index in [1.807, 2.05) is 18.2 Å². The van der Waals surface area contributed by atoms with Gasteiger partial charge in [0.2, 0.25) is 5.91 Å². The quantitative estimate of drug-likeness (QED) is 0.796. The Balaban J connectivity index is 0.00000220. The van der Waals surface area contributed by atoms with Gasteiger partial charge in [0, 0.05) is 32.2 Å². The summed E-state index contributed by atoms with van der Waals surface area (Å²) in [6.45, 7) is 2.28. The minimum atomic E-state index is -0.0136. The first kappa shape index (κ1) is 17.9. The van der Waals surface area contributed by atoms with E-state index in [2.05, 4.69) is 12.1 Å². The van der Waals surface area contributed by atoms with Gasteiger partial charge < -0.3 is 20.1 Å². The van der Waals surface area contributed by atoms with Gasteiger partial charge in [-0.3, -0.25) is 4.79 Å². The molecule has 1 aliphatic heterocycles. The van der Waals surface area contributed by atoms with Crippen LogP contribution in [0, 0.1) is 0 Å². The molecule has 5 nitrogen and oxygen atoms in total. The molecule has 6 heteroatoms. The van der Waals surface area contributed by atoms with Gasteiger partial charge >= 0.3 is 0 Å². The minimum Gasteiger partial charge on any atom is -0.382 e. The average molecular weight is 315 g/mol. The molecule has 118 valence electrons. The van der Waals surface area contributed by atoms with Gasteiger partial charge in [0.15, 0.2) is 0 Å². The van der Waals surface area contributed by atoms with Crippen LogP contribution < -0.4 is 5.73 Å². The summed E-state index contributed by atoms with van der Waals surface area (Å²) >= 11 is 0. The van der Waals surface area contributed by atoms with Gasteiger partial charge in [-0.15, -0.1) is 12.4 Å². The van der Waals surface area contributed by atoms with Gasteiger partial charge in [-0.1, -0.05) is 30.3 Å². The highest BCUT2D eigenvalue weighted by molar-refractivity contribution is 5.85. The van der Waals surface area contributed by atoms with Crippen LogP contribution in [0.5, 0.6) is 0 Å². The number of carbonyl (C=O) groups is 1. The molecule has 21 heavy (non-hydrogen) atoms. The number of likely N-dealkylation sites (tertiary alicyclic amines) is 1. The molecule has 2 atom stereocenters. The zero-order valence-electron chi connectivity index (χ0n) is 12.2. The van der Waals surface area contributed by atoms with Crippen LogP contribution >= 0.6 is 12.4 Å². The molecular weight excluding hydrogens is 292 g/mol. The van der Waals surface area contributed by atoms with E-state index in [1.54, 1.807) is 12.0 Å². The molecule has 0 unspecified atom stereocenters. The molecule has 0 bridgehead atoms. The maximum Gasteiger partial charge on any atom is 0.248 e. The lowest BCUT2D eigenvalue weighted by Gasteiger charge is -2.16. The molecule has 0 aliphatic carbocycles. The van der Waals surface area contributed by atoms with Gasteiger partial charge in [0.1, 0.15) is 6.61 Å². The number of hydrogen-bond donors (Lipinski definition) is 1. The summed E-state index contributed by atoms with van der Waals surface area (Å²) in [5.74, 6) is 0.203. The molecular formula is C15H23ClN2O3. The Labute approximate surface area is 131 Å². The van der Waals surface area contributed by atoms with Crippen molar-refractivity contribution in [3.8, 4) is 0 Å². The lowest BCUT2D eigenvalue weighted by Crippen LogP contribution is -2.34. The van der Waals surface area contributed by atoms with E-state index in [4.69, 9.17) is 15.2 Å². The van der Waals surface area contributed by atoms with E-state index < -0.39 is 0 Å². The molecule has 1 amide bonds. The van der Waals surface area contributed by atoms with Crippen molar-refractivity contribution in [2.24, 2.45) is 5.73 Å². The summed E-state index contributed by atoms with van der Waals surface area (Å²) in [7, 11) is 1.61. The Morgan fingerprint density at radius 2 is 2.00 bits per heavy atom. The van der Waals surface area contributed by atoms with Crippen LogP contribution in [0.1, 0.15) is 11.5 Å². The number of amides is 1. The fraction of sp³-hybridized carbons (Fsp3) is 0.533. The van der Waals surface area contributed by atoms with Gasteiger partial charge in [-0.25, -0.2) is 0 Å². The largest absolute Gasteiger partial charge is 0.382 e. The summed E-state index contributed by atoms with van der Waals surface area (Å²) in [6, 6.07) is 10.1. The van der Waals surface area contributed by atoms with Gasteiger partial charge in [0.25, 0.3) is 0 Å². The Kier molecular flexibility index (Phi) is 7.67. The van der Waals surface area contributed by atoms with Gasteiger partial charge in [0.05, 0.1) is 13.2 Å². The predicted octanol–water partition coefficient (Wildman–Crippen LogP) is 1.02. The van der Waals surface area contributed by atoms with Crippen LogP contribution in [0.4, 0.5) is 0 Å². The van der Waals surface area contributed by atoms with Crippen LogP contribution in [0.25, 0.3) is 0 Å². The molecule has 1 aromatic carbocycles. The second-order valence-corrected chi connectivity index (χ2v) is 5.03. The number of nitrogens with two attached hydrogens (primary N) is 1. The summed E-state index contributed by atoms with van der Waals surface area (Å²) in [5, 5.41) is 0. The van der Waals surface area contributed by atoms with E-state index in [0.29, 0.717) is 26.3 Å². The highest BCUT2D eigenvalue weighted by Crippen LogP contribution is 2.26. The number of halogens is 1. The minimum absolute atomic E-state index is 0. The number of hydrogen-bond acceptors (Lipinski definition) is 4. The van der Waals surface area contributed by atoms with Crippen LogP contribution in [-0.4, -0.2) is 56.9 Å². The van der Waals surface area contributed by atoms with Crippen LogP contribution in [0.2, 0.25) is 0 Å². The molecule has 0 radical (unpaired) electrons. The van der Waals surface area contributed by atoms with E-state index in [-0.39, 0.29) is 36.9 Å². The summed E-state index contributed by atoms with van der Waals surface area (Å²) < 4.78 is 10.1. The van der Waals surface area contributed by atoms with Crippen molar-refractivity contribution < 1.29 is 14.3 Å². The van der Waals surface area contributed by atoms with Crippen LogP contribution in [-0.2, 0) is 14.3 Å². The molecule has 2 N–H and O–H groups in total. The van der Waals surface area contributed by atoms with Gasteiger partial charge in [-0.05, 0) is 5.56 Å². The number of nitrogens with zero attached hydrogens (tertiary/aromatic N) is 1. The maximum absolute atomic E-state index is 12.0. The molecule has 0 spiro atoms. The number of ether oxygens (including phenoxy) is 2. The standard InChI is InChI=1S/C15H22N2O3.ClH/c1-19-7-8-20-11-15(18)17-9-13(14(16)10-17)12-5-3-2-4-6-12;/h2-6,13-14H,7-11,16H2,1H3;1H/t13-,14+;/m0./s1. The summed E-state index contributed by atoms with van der Waals surface area (Å²) in [4.78, 5) is 13.8. The zero-order chi connectivity index (χ0) is 14.4. The zero-order valence-corrected chi connectivity index (χ0v) is 13.1. The first-order chi connectivity index (χ1) is 9.72. The normalized spacial score (nSPS) is 21.1. The summed E-state index contributed by atoms with van der Waals surface area (Å²) in [6.07, 6.45) is 0. The van der Waals surface area contributed by atoms with Crippen LogP contribution in [0.15, 0.2) is 30.3 Å². The fourth-order valence-corrected chi connectivity index (χ4v) is 2.48. The van der Waals surface area contributed by atoms with Crippen molar-refractivity contribution in [1.82, 2.24) is 4.90 Å². The van der Waals surface area contributed by atoms with E-state index in [0.717, 1.165) is 0 Å². The number of benzene rings is 1. The SMILES string of the molecule is COCCOCC(=O)N1C[C@@H](N)[C@H](c2ccccc2)C1.Cl. The highest BCUT2D eigenvalue weighted by Gasteiger charge is 2.33. The van der Waals surface area contributed by atoms with Crippen molar-refractivity contribution in [1.29, 1.82) is 0 Å². The highest BCUT2D eigenvalue weighted by atomic mass is 35.5. The molecule has 1 fully saturated rings. The predicted molar refractivity (Wildman–Crippen MR) is 83.7 cm³/mol. The van der Waals surface area contributed by atoms with Gasteiger partial charge in [-0.2, -0.15) is 0 Å². The van der Waals surface area contributed by atoms with Crippen LogP contribution in [0.3, 0.4) is 0 Å². The molecule has 0 saturated carbocycles. The van der Waals surface area contributed by atoms with Crippen molar-refractivity contribution >= 4 is 18.3 Å². The average Bonchev–Trinajstić information content (AvgIpc) is 2.86. The molecule has 1 heterocycles. The third-order valence-corrected chi connectivity index (χ3v) is 3.60. The Hall–Kier alpha value is -1.14. The monoisotopic (exact) mass is 314 g/mol. The fourth-order valence-electron chi connectivity index (χ4n) is 2.48. The van der Waals surface area contributed by atoms with Crippen molar-refractivity contribution in [2.45, 2.75) is 12.0 Å². The third kappa shape index (κ3) is 4.97. The Morgan fingerprint density at radius 1 is 1.29 bits per heavy atom. The van der Waals surface area contributed by atoms with E-state index >= 15 is 0 Å². The second-order valence-electron chi connectivity index (χ2n) is 5.03. The van der Waals surface area contributed by atoms with E-state index in [1.165, 1.54) is 5.56 Å². The maximum atomic E-state index is 12.0. The van der Waals surface area contributed by atoms with Crippen molar-refractivity contribution in [2.75, 3.05) is 40.0 Å². The lowest BCUT2D eigenvalue weighted by molar-refractivity contribution is -0.135. The van der Waals surface area contributed by atoms with Crippen molar-refractivity contribution in [3.63, 3.8) is 0 Å². The Bertz CT molecular complexity index is 430. The number of carbonyl (C=O) groups excluding carboxylic acids is 1. The molecule has 1 aliphatic rings. The first-order valence-corrected chi connectivity index (χ1v) is 6.87. The second kappa shape index (κ2) is 9.00. The molecule has 1 aromatic rings. The molecule has 1 saturated heterocycles. The van der Waals surface area contributed by atoms with E-state index in [9.17, 15) is 4.79 Å². The molecule has 0 aromatic heterocycles. The smallest absolute Gasteiger partial charge is 0.248 e. The number of rotatable bonds is 6. The first-order valence-electron chi connectivity index (χ1n) is 6.87. The lowest BCUT2D eigenvalue weighted by atomic mass is 9.95. The summed E-state index contributed by atoms with van der Waals surface area (Å²) in [5.41, 5.74) is 7.35.